The molecule has 1 aliphatic rings. The lowest BCUT2D eigenvalue weighted by molar-refractivity contribution is -0.129. The first-order chi connectivity index (χ1) is 15.6. The number of nitrogens with zero attached hydrogens (tertiary/aromatic N) is 1. The molecule has 0 saturated carbocycles. The molecule has 32 heavy (non-hydrogen) atoms. The number of nitrogens with one attached hydrogen (secondary N) is 2. The van der Waals surface area contributed by atoms with Gasteiger partial charge in [0.15, 0.2) is 0 Å². The summed E-state index contributed by atoms with van der Waals surface area (Å²) >= 11 is 1.68. The van der Waals surface area contributed by atoms with Gasteiger partial charge in [-0.3, -0.25) is 14.7 Å². The number of hydrogen-bond donors (Lipinski definition) is 4. The second-order valence-corrected chi connectivity index (χ2v) is 9.37. The number of piperidine rings is 1. The van der Waals surface area contributed by atoms with E-state index >= 15 is 0 Å². The minimum Gasteiger partial charge on any atom is -0.380 e. The van der Waals surface area contributed by atoms with Gasteiger partial charge >= 0.3 is 0 Å². The Morgan fingerprint density at radius 1 is 0.938 bits per heavy atom. The summed E-state index contributed by atoms with van der Waals surface area (Å²) in [6, 6.07) is 20.1. The van der Waals surface area contributed by atoms with Crippen LogP contribution in [0.5, 0.6) is 0 Å². The van der Waals surface area contributed by atoms with Crippen molar-refractivity contribution < 1.29 is 15.1 Å². The van der Waals surface area contributed by atoms with Gasteiger partial charge in [-0.2, -0.15) is 0 Å². The quantitative estimate of drug-likeness (QED) is 0.165. The van der Waals surface area contributed by atoms with Crippen LogP contribution >= 0.6 is 12.1 Å². The molecule has 4 N–H and O–H groups in total. The van der Waals surface area contributed by atoms with Gasteiger partial charge in [0.2, 0.25) is 5.91 Å². The molecule has 6 nitrogen and oxygen atoms in total. The SMILES string of the molecule is O=C(CCCCCCNSN1CCC(C(O)(c2ccccc2)c2ccccc2)CC1)NO. The first-order valence-electron chi connectivity index (χ1n) is 11.6. The van der Waals surface area contributed by atoms with Crippen LogP contribution in [0.3, 0.4) is 0 Å². The zero-order valence-electron chi connectivity index (χ0n) is 18.6. The highest BCUT2D eigenvalue weighted by Crippen LogP contribution is 2.42. The zero-order chi connectivity index (χ0) is 22.7. The van der Waals surface area contributed by atoms with Crippen molar-refractivity contribution in [2.75, 3.05) is 19.6 Å². The van der Waals surface area contributed by atoms with Crippen LogP contribution in [-0.2, 0) is 10.4 Å². The topological polar surface area (TPSA) is 84.8 Å². The summed E-state index contributed by atoms with van der Waals surface area (Å²) in [6.07, 6.45) is 6.17. The smallest absolute Gasteiger partial charge is 0.243 e. The molecule has 1 aliphatic heterocycles. The third-order valence-electron chi connectivity index (χ3n) is 6.22. The Morgan fingerprint density at radius 3 is 2.06 bits per heavy atom. The molecule has 2 aromatic rings. The minimum absolute atomic E-state index is 0.167. The van der Waals surface area contributed by atoms with E-state index in [0.717, 1.165) is 69.3 Å². The monoisotopic (exact) mass is 457 g/mol. The van der Waals surface area contributed by atoms with Crippen LogP contribution in [0.25, 0.3) is 0 Å². The average Bonchev–Trinajstić information content (AvgIpc) is 2.86. The van der Waals surface area contributed by atoms with Crippen molar-refractivity contribution in [2.45, 2.75) is 50.5 Å². The molecule has 0 bridgehead atoms. The van der Waals surface area contributed by atoms with Crippen molar-refractivity contribution in [3.8, 4) is 0 Å². The maximum Gasteiger partial charge on any atom is 0.243 e. The molecule has 0 spiro atoms. The zero-order valence-corrected chi connectivity index (χ0v) is 19.4. The molecule has 1 heterocycles. The lowest BCUT2D eigenvalue weighted by atomic mass is 9.72. The summed E-state index contributed by atoms with van der Waals surface area (Å²) in [4.78, 5) is 11.0. The average molecular weight is 458 g/mol. The Bertz CT molecular complexity index is 759. The fraction of sp³-hybridized carbons (Fsp3) is 0.480. The summed E-state index contributed by atoms with van der Waals surface area (Å²) in [5.41, 5.74) is 2.62. The number of benzene rings is 2. The predicted octanol–water partition coefficient (Wildman–Crippen LogP) is 4.24. The van der Waals surface area contributed by atoms with Crippen molar-refractivity contribution >= 4 is 18.0 Å². The number of rotatable bonds is 12. The van der Waals surface area contributed by atoms with Gasteiger partial charge in [-0.05, 0) is 42.7 Å². The normalized spacial score (nSPS) is 15.6. The van der Waals surface area contributed by atoms with E-state index in [4.69, 9.17) is 5.21 Å². The van der Waals surface area contributed by atoms with Crippen LogP contribution in [0.4, 0.5) is 0 Å². The second kappa shape index (κ2) is 13.0. The van der Waals surface area contributed by atoms with Crippen LogP contribution in [-0.4, -0.2) is 40.2 Å². The van der Waals surface area contributed by atoms with E-state index in [-0.39, 0.29) is 11.8 Å². The number of aliphatic hydroxyl groups is 1. The number of unbranched alkanes of at least 4 members (excludes halogenated alkanes) is 3. The van der Waals surface area contributed by atoms with Gasteiger partial charge in [0.1, 0.15) is 5.60 Å². The van der Waals surface area contributed by atoms with Gasteiger partial charge in [-0.25, -0.2) is 9.79 Å². The fourth-order valence-electron chi connectivity index (χ4n) is 4.42. The van der Waals surface area contributed by atoms with E-state index in [1.165, 1.54) is 0 Å². The highest BCUT2D eigenvalue weighted by Gasteiger charge is 2.41. The van der Waals surface area contributed by atoms with Gasteiger partial charge in [-0.1, -0.05) is 73.5 Å². The first kappa shape index (κ1) is 24.7. The Kier molecular flexibility index (Phi) is 10.0. The molecule has 3 rings (SSSR count). The number of hydroxylamine groups is 1. The van der Waals surface area contributed by atoms with E-state index in [9.17, 15) is 9.90 Å². The summed E-state index contributed by atoms with van der Waals surface area (Å²) in [6.45, 7) is 2.79. The van der Waals surface area contributed by atoms with Crippen molar-refractivity contribution in [2.24, 2.45) is 5.92 Å². The molecule has 1 fully saturated rings. The van der Waals surface area contributed by atoms with Gasteiger partial charge < -0.3 is 5.11 Å². The molecular weight excluding hydrogens is 422 g/mol. The van der Waals surface area contributed by atoms with Crippen LogP contribution < -0.4 is 10.2 Å². The molecule has 0 unspecified atom stereocenters. The predicted molar refractivity (Wildman–Crippen MR) is 129 cm³/mol. The summed E-state index contributed by atoms with van der Waals surface area (Å²) in [5, 5.41) is 20.4. The van der Waals surface area contributed by atoms with Crippen molar-refractivity contribution in [1.82, 2.24) is 14.5 Å². The van der Waals surface area contributed by atoms with E-state index in [2.05, 4.69) is 9.03 Å². The van der Waals surface area contributed by atoms with Gasteiger partial charge in [-0.15, -0.1) is 0 Å². The number of carbonyl (C=O) groups excluding carboxylic acids is 1. The van der Waals surface area contributed by atoms with Crippen LogP contribution in [0.15, 0.2) is 60.7 Å². The second-order valence-electron chi connectivity index (χ2n) is 8.39. The molecule has 1 saturated heterocycles. The Labute approximate surface area is 195 Å². The van der Waals surface area contributed by atoms with Gasteiger partial charge in [0.05, 0.1) is 0 Å². The van der Waals surface area contributed by atoms with E-state index in [0.29, 0.717) is 6.42 Å². The standard InChI is InChI=1S/C25H35N3O3S/c29-24(27-31)15-9-1-2-10-18-26-32-28-19-16-23(17-20-28)25(30,21-11-5-3-6-12-21)22-13-7-4-8-14-22/h3-8,11-14,23,26,30-31H,1-2,9-10,15-20H2,(H,27,29). The minimum atomic E-state index is -0.973. The Morgan fingerprint density at radius 2 is 1.50 bits per heavy atom. The number of hydrogen-bond acceptors (Lipinski definition) is 6. The molecule has 0 aromatic heterocycles. The highest BCUT2D eigenvalue weighted by atomic mass is 32.2. The molecule has 2 aromatic carbocycles. The van der Waals surface area contributed by atoms with Crippen molar-refractivity contribution in [1.29, 1.82) is 0 Å². The summed E-state index contributed by atoms with van der Waals surface area (Å²) in [5.74, 6) is -0.145. The molecular formula is C25H35N3O3S. The molecule has 7 heteroatoms. The lowest BCUT2D eigenvalue weighted by Gasteiger charge is -2.42. The van der Waals surface area contributed by atoms with Gasteiger partial charge in [0, 0.05) is 38.2 Å². The van der Waals surface area contributed by atoms with Crippen LogP contribution in [0.1, 0.15) is 56.1 Å². The third-order valence-corrected chi connectivity index (χ3v) is 7.18. The number of amides is 1. The van der Waals surface area contributed by atoms with Crippen molar-refractivity contribution in [3.63, 3.8) is 0 Å². The molecule has 0 atom stereocenters. The highest BCUT2D eigenvalue weighted by molar-refractivity contribution is 7.95. The molecule has 174 valence electrons. The van der Waals surface area contributed by atoms with Crippen LogP contribution in [0.2, 0.25) is 0 Å². The van der Waals surface area contributed by atoms with Gasteiger partial charge in [0.25, 0.3) is 0 Å². The largest absolute Gasteiger partial charge is 0.380 e. The third kappa shape index (κ3) is 6.80. The van der Waals surface area contributed by atoms with E-state index < -0.39 is 5.60 Å². The summed E-state index contributed by atoms with van der Waals surface area (Å²) < 4.78 is 5.79. The number of carbonyl (C=O) groups is 1. The maximum atomic E-state index is 12.0. The molecule has 1 amide bonds. The fourth-order valence-corrected chi connectivity index (χ4v) is 5.23. The maximum absolute atomic E-state index is 12.0. The summed E-state index contributed by atoms with van der Waals surface area (Å²) in [7, 11) is 0. The molecule has 0 radical (unpaired) electrons. The lowest BCUT2D eigenvalue weighted by Crippen LogP contribution is -2.43. The van der Waals surface area contributed by atoms with Crippen LogP contribution in [0, 0.1) is 5.92 Å². The Hall–Kier alpha value is -1.90. The molecule has 0 aliphatic carbocycles. The Balaban J connectivity index is 1.43. The first-order valence-corrected chi connectivity index (χ1v) is 12.3. The van der Waals surface area contributed by atoms with E-state index in [1.54, 1.807) is 17.6 Å². The van der Waals surface area contributed by atoms with Crippen molar-refractivity contribution in [3.05, 3.63) is 71.8 Å². The van der Waals surface area contributed by atoms with E-state index in [1.807, 2.05) is 60.7 Å².